The molecule has 0 aromatic heterocycles. The Morgan fingerprint density at radius 3 is 2.42 bits per heavy atom. The van der Waals surface area contributed by atoms with E-state index >= 15 is 0 Å². The summed E-state index contributed by atoms with van der Waals surface area (Å²) in [5.41, 5.74) is 0. The predicted molar refractivity (Wildman–Crippen MR) is 77.5 cm³/mol. The van der Waals surface area contributed by atoms with Crippen molar-refractivity contribution in [2.75, 3.05) is 19.8 Å². The molecule has 1 fully saturated rings. The highest BCUT2D eigenvalue weighted by molar-refractivity contribution is 7.99. The zero-order chi connectivity index (χ0) is 14.4. The van der Waals surface area contributed by atoms with Crippen LogP contribution in [0.5, 0.6) is 0 Å². The van der Waals surface area contributed by atoms with Gasteiger partial charge in [-0.2, -0.15) is 11.8 Å². The van der Waals surface area contributed by atoms with Gasteiger partial charge >= 0.3 is 12.0 Å². The van der Waals surface area contributed by atoms with E-state index in [0.717, 1.165) is 30.9 Å². The number of hydrogen-bond acceptors (Lipinski definition) is 3. The minimum absolute atomic E-state index is 0.166. The van der Waals surface area contributed by atoms with E-state index in [1.54, 1.807) is 14.0 Å². The summed E-state index contributed by atoms with van der Waals surface area (Å²) in [7, 11) is 1.64. The van der Waals surface area contributed by atoms with Gasteiger partial charge in [-0.15, -0.1) is 0 Å². The molecule has 0 aliphatic heterocycles. The number of hydrogen-bond donors (Lipinski definition) is 2. The zero-order valence-corrected chi connectivity index (χ0v) is 12.7. The molecule has 0 spiro atoms. The number of amides is 2. The van der Waals surface area contributed by atoms with Gasteiger partial charge < -0.3 is 15.3 Å². The van der Waals surface area contributed by atoms with E-state index in [-0.39, 0.29) is 18.6 Å². The highest BCUT2D eigenvalue weighted by Crippen LogP contribution is 2.26. The molecule has 6 heteroatoms. The first-order valence-corrected chi connectivity index (χ1v) is 8.00. The maximum Gasteiger partial charge on any atom is 0.317 e. The van der Waals surface area contributed by atoms with E-state index in [4.69, 9.17) is 5.11 Å². The van der Waals surface area contributed by atoms with Gasteiger partial charge in [0.1, 0.15) is 0 Å². The molecule has 0 heterocycles. The van der Waals surface area contributed by atoms with Crippen LogP contribution in [0, 0.1) is 5.92 Å². The molecule has 0 aromatic carbocycles. The van der Waals surface area contributed by atoms with Gasteiger partial charge in [-0.05, 0) is 31.9 Å². The molecule has 0 bridgehead atoms. The number of carboxylic acid groups (broad SMARTS) is 1. The van der Waals surface area contributed by atoms with Crippen LogP contribution >= 0.6 is 11.8 Å². The molecule has 2 amide bonds. The topological polar surface area (TPSA) is 69.6 Å². The predicted octanol–water partition coefficient (Wildman–Crippen LogP) is 2.02. The number of carboxylic acids is 1. The van der Waals surface area contributed by atoms with Crippen molar-refractivity contribution in [2.45, 2.75) is 43.9 Å². The van der Waals surface area contributed by atoms with Gasteiger partial charge in [-0.1, -0.05) is 6.92 Å². The second-order valence-electron chi connectivity index (χ2n) is 5.28. The largest absolute Gasteiger partial charge is 0.481 e. The summed E-state index contributed by atoms with van der Waals surface area (Å²) in [6.45, 7) is 1.84. The molecule has 1 unspecified atom stereocenters. The fourth-order valence-corrected chi connectivity index (χ4v) is 3.04. The number of carbonyl (C=O) groups is 2. The lowest BCUT2D eigenvalue weighted by atomic mass is 9.95. The highest BCUT2D eigenvalue weighted by atomic mass is 32.2. The third-order valence-corrected chi connectivity index (χ3v) is 4.79. The second kappa shape index (κ2) is 7.62. The average molecular weight is 288 g/mol. The van der Waals surface area contributed by atoms with Crippen LogP contribution in [0.4, 0.5) is 4.79 Å². The van der Waals surface area contributed by atoms with Gasteiger partial charge in [0.2, 0.25) is 0 Å². The van der Waals surface area contributed by atoms with Crippen LogP contribution in [0.3, 0.4) is 0 Å². The number of urea groups is 1. The van der Waals surface area contributed by atoms with Crippen molar-refractivity contribution in [1.29, 1.82) is 0 Å². The normalized spacial score (nSPS) is 24.6. The first kappa shape index (κ1) is 16.1. The van der Waals surface area contributed by atoms with Crippen LogP contribution in [0.2, 0.25) is 0 Å². The van der Waals surface area contributed by atoms with Crippen LogP contribution in [-0.4, -0.2) is 53.1 Å². The Balaban J connectivity index is 2.32. The van der Waals surface area contributed by atoms with Crippen molar-refractivity contribution in [3.8, 4) is 0 Å². The van der Waals surface area contributed by atoms with Crippen molar-refractivity contribution >= 4 is 23.8 Å². The molecule has 1 rings (SSSR count). The fourth-order valence-electron chi connectivity index (χ4n) is 2.30. The van der Waals surface area contributed by atoms with E-state index in [2.05, 4.69) is 11.6 Å². The average Bonchev–Trinajstić information content (AvgIpc) is 2.39. The van der Waals surface area contributed by atoms with Gasteiger partial charge in [-0.25, -0.2) is 4.79 Å². The highest BCUT2D eigenvalue weighted by Gasteiger charge is 2.24. The lowest BCUT2D eigenvalue weighted by Crippen LogP contribution is -2.46. The zero-order valence-electron chi connectivity index (χ0n) is 11.9. The van der Waals surface area contributed by atoms with Crippen molar-refractivity contribution in [3.05, 3.63) is 0 Å². The number of nitrogens with zero attached hydrogens (tertiary/aromatic N) is 1. The lowest BCUT2D eigenvalue weighted by molar-refractivity contribution is -0.141. The quantitative estimate of drug-likeness (QED) is 0.812. The van der Waals surface area contributed by atoms with E-state index in [1.165, 1.54) is 4.90 Å². The molecule has 0 radical (unpaired) electrons. The summed E-state index contributed by atoms with van der Waals surface area (Å²) in [6, 6.07) is 0.0687. The first-order valence-electron chi connectivity index (χ1n) is 6.71. The summed E-state index contributed by atoms with van der Waals surface area (Å²) in [6.07, 6.45) is 6.44. The molecule has 110 valence electrons. The Morgan fingerprint density at radius 1 is 1.37 bits per heavy atom. The molecular weight excluding hydrogens is 264 g/mol. The number of rotatable bonds is 5. The monoisotopic (exact) mass is 288 g/mol. The lowest BCUT2D eigenvalue weighted by Gasteiger charge is -2.30. The number of thioether (sulfide) groups is 1. The van der Waals surface area contributed by atoms with Crippen LogP contribution in [0.1, 0.15) is 32.6 Å². The minimum Gasteiger partial charge on any atom is -0.481 e. The van der Waals surface area contributed by atoms with Crippen molar-refractivity contribution in [3.63, 3.8) is 0 Å². The molecule has 0 aromatic rings. The fraction of sp³-hybridized carbons (Fsp3) is 0.846. The Bertz CT molecular complexity index is 317. The third kappa shape index (κ3) is 5.30. The molecular formula is C13H24N2O3S. The molecule has 5 nitrogen and oxygen atoms in total. The first-order chi connectivity index (χ1) is 8.93. The molecule has 1 aliphatic rings. The molecule has 1 atom stereocenters. The van der Waals surface area contributed by atoms with Crippen molar-refractivity contribution in [2.24, 2.45) is 5.92 Å². The Kier molecular flexibility index (Phi) is 6.48. The summed E-state index contributed by atoms with van der Waals surface area (Å²) in [5.74, 6) is -1.41. The summed E-state index contributed by atoms with van der Waals surface area (Å²) < 4.78 is 0. The van der Waals surface area contributed by atoms with Crippen molar-refractivity contribution < 1.29 is 14.7 Å². The van der Waals surface area contributed by atoms with Crippen LogP contribution in [-0.2, 0) is 4.79 Å². The SMILES string of the molecule is CSC1CCC(NC(=O)N(C)CC(C)C(=O)O)CC1. The number of carbonyl (C=O) groups excluding carboxylic acids is 1. The van der Waals surface area contributed by atoms with Gasteiger partial charge in [0.15, 0.2) is 0 Å². The number of nitrogens with one attached hydrogen (secondary N) is 1. The van der Waals surface area contributed by atoms with E-state index < -0.39 is 11.9 Å². The molecule has 19 heavy (non-hydrogen) atoms. The maximum atomic E-state index is 11.9. The summed E-state index contributed by atoms with van der Waals surface area (Å²) in [5, 5.41) is 12.5. The Labute approximate surface area is 119 Å². The minimum atomic E-state index is -0.875. The summed E-state index contributed by atoms with van der Waals surface area (Å²) >= 11 is 1.90. The molecule has 0 saturated heterocycles. The Hall–Kier alpha value is -0.910. The molecule has 1 saturated carbocycles. The second-order valence-corrected chi connectivity index (χ2v) is 6.42. The van der Waals surface area contributed by atoms with E-state index in [1.807, 2.05) is 11.8 Å². The van der Waals surface area contributed by atoms with Crippen LogP contribution in [0.25, 0.3) is 0 Å². The molecule has 2 N–H and O–H groups in total. The van der Waals surface area contributed by atoms with Gasteiger partial charge in [0.05, 0.1) is 5.92 Å². The Morgan fingerprint density at radius 2 is 1.95 bits per heavy atom. The van der Waals surface area contributed by atoms with Gasteiger partial charge in [0, 0.05) is 24.9 Å². The van der Waals surface area contributed by atoms with Gasteiger partial charge in [0.25, 0.3) is 0 Å². The third-order valence-electron chi connectivity index (χ3n) is 3.65. The molecule has 1 aliphatic carbocycles. The summed E-state index contributed by atoms with van der Waals surface area (Å²) in [4.78, 5) is 24.2. The van der Waals surface area contributed by atoms with Crippen LogP contribution in [0.15, 0.2) is 0 Å². The van der Waals surface area contributed by atoms with E-state index in [9.17, 15) is 9.59 Å². The maximum absolute atomic E-state index is 11.9. The van der Waals surface area contributed by atoms with E-state index in [0.29, 0.717) is 0 Å². The van der Waals surface area contributed by atoms with Gasteiger partial charge in [-0.3, -0.25) is 4.79 Å². The van der Waals surface area contributed by atoms with Crippen LogP contribution < -0.4 is 5.32 Å². The number of aliphatic carboxylic acids is 1. The standard InChI is InChI=1S/C13H24N2O3S/c1-9(12(16)17)8-15(2)13(18)14-10-4-6-11(19-3)7-5-10/h9-11H,4-8H2,1-3H3,(H,14,18)(H,16,17). The smallest absolute Gasteiger partial charge is 0.317 e. The van der Waals surface area contributed by atoms with Crippen molar-refractivity contribution in [1.82, 2.24) is 10.2 Å².